The van der Waals surface area contributed by atoms with Crippen molar-refractivity contribution in [3.8, 4) is 0 Å². The normalized spacial score (nSPS) is 39.9. The standard InChI is InChI=1S/3C12H24O4/c3*1-5-6-15-12-10(7-13)8(2)16-9(3)11(12)14-4/h3*8-13H,5-7H2,1-4H3/t8?,9-,10-,11-,12-;8-,9+,10+,11+,12+;8-,9-,10-,11-,12-/m010/s1. The smallest absolute Gasteiger partial charge is 0.110 e. The van der Waals surface area contributed by atoms with Crippen LogP contribution in [-0.2, 0) is 42.6 Å². The van der Waals surface area contributed by atoms with E-state index in [1.165, 1.54) is 0 Å². The zero-order valence-electron chi connectivity index (χ0n) is 32.0. The van der Waals surface area contributed by atoms with Crippen molar-refractivity contribution in [2.24, 2.45) is 17.8 Å². The van der Waals surface area contributed by atoms with Crippen LogP contribution in [-0.4, -0.2) is 150 Å². The Morgan fingerprint density at radius 3 is 0.792 bits per heavy atom. The van der Waals surface area contributed by atoms with Gasteiger partial charge in [-0.2, -0.15) is 0 Å². The molecule has 288 valence electrons. The summed E-state index contributed by atoms with van der Waals surface area (Å²) >= 11 is 0. The average Bonchev–Trinajstić information content (AvgIpc) is 3.05. The molecule has 0 amide bonds. The van der Waals surface area contributed by atoms with E-state index < -0.39 is 0 Å². The summed E-state index contributed by atoms with van der Waals surface area (Å²) in [6.45, 7) is 20.4. The molecule has 0 aliphatic carbocycles. The van der Waals surface area contributed by atoms with Crippen LogP contribution in [0.1, 0.15) is 81.6 Å². The Morgan fingerprint density at radius 2 is 0.625 bits per heavy atom. The zero-order chi connectivity index (χ0) is 36.4. The summed E-state index contributed by atoms with van der Waals surface area (Å²) in [6.07, 6.45) is 2.42. The summed E-state index contributed by atoms with van der Waals surface area (Å²) < 4.78 is 51.0. The van der Waals surface area contributed by atoms with Crippen molar-refractivity contribution in [2.75, 3.05) is 61.0 Å². The first-order valence-electron chi connectivity index (χ1n) is 18.2. The molecule has 15 atom stereocenters. The summed E-state index contributed by atoms with van der Waals surface area (Å²) in [5.41, 5.74) is 0. The van der Waals surface area contributed by atoms with Crippen LogP contribution < -0.4 is 0 Å². The van der Waals surface area contributed by atoms with E-state index in [1.807, 2.05) is 41.5 Å². The number of hydrogen-bond donors (Lipinski definition) is 3. The molecule has 0 saturated carbocycles. The highest BCUT2D eigenvalue weighted by molar-refractivity contribution is 4.92. The summed E-state index contributed by atoms with van der Waals surface area (Å²) in [5.74, 6) is -0.0203. The molecule has 0 aromatic carbocycles. The Labute approximate surface area is 291 Å². The molecule has 3 saturated heterocycles. The van der Waals surface area contributed by atoms with E-state index in [0.29, 0.717) is 19.8 Å². The van der Waals surface area contributed by atoms with Crippen LogP contribution in [0.3, 0.4) is 0 Å². The number of ether oxygens (including phenoxy) is 9. The fourth-order valence-electron chi connectivity index (χ4n) is 7.04. The second kappa shape index (κ2) is 24.7. The highest BCUT2D eigenvalue weighted by Gasteiger charge is 2.45. The van der Waals surface area contributed by atoms with E-state index in [2.05, 4.69) is 20.8 Å². The molecule has 0 bridgehead atoms. The van der Waals surface area contributed by atoms with Gasteiger partial charge in [0.15, 0.2) is 0 Å². The van der Waals surface area contributed by atoms with Gasteiger partial charge in [0.1, 0.15) is 18.3 Å². The van der Waals surface area contributed by atoms with E-state index in [0.717, 1.165) is 19.3 Å². The summed E-state index contributed by atoms with van der Waals surface area (Å²) in [4.78, 5) is 0. The predicted octanol–water partition coefficient (Wildman–Crippen LogP) is 3.64. The maximum absolute atomic E-state index is 9.42. The molecule has 3 aliphatic heterocycles. The third kappa shape index (κ3) is 12.9. The minimum atomic E-state index is -0.0973. The molecule has 0 radical (unpaired) electrons. The number of methoxy groups -OCH3 is 3. The van der Waals surface area contributed by atoms with Crippen molar-refractivity contribution in [3.63, 3.8) is 0 Å². The summed E-state index contributed by atoms with van der Waals surface area (Å²) in [6, 6.07) is 0. The Kier molecular flexibility index (Phi) is 23.4. The lowest BCUT2D eigenvalue weighted by atomic mass is 9.88. The lowest BCUT2D eigenvalue weighted by Gasteiger charge is -2.43. The van der Waals surface area contributed by atoms with Crippen LogP contribution in [0.15, 0.2) is 0 Å². The van der Waals surface area contributed by atoms with E-state index >= 15 is 0 Å². The van der Waals surface area contributed by atoms with Crippen molar-refractivity contribution in [3.05, 3.63) is 0 Å². The Hall–Kier alpha value is -0.480. The third-order valence-electron chi connectivity index (χ3n) is 9.71. The lowest BCUT2D eigenvalue weighted by molar-refractivity contribution is -0.219. The van der Waals surface area contributed by atoms with Gasteiger partial charge in [0.05, 0.1) is 74.8 Å². The van der Waals surface area contributed by atoms with Crippen LogP contribution in [0.25, 0.3) is 0 Å². The van der Waals surface area contributed by atoms with Crippen molar-refractivity contribution in [1.29, 1.82) is 0 Å². The van der Waals surface area contributed by atoms with E-state index in [4.69, 9.17) is 42.6 Å². The fraction of sp³-hybridized carbons (Fsp3) is 1.00. The number of rotatable bonds is 15. The van der Waals surface area contributed by atoms with Gasteiger partial charge in [-0.3, -0.25) is 0 Å². The zero-order valence-corrected chi connectivity index (χ0v) is 32.0. The minimum absolute atomic E-state index is 0.00431. The molecule has 0 aromatic rings. The van der Waals surface area contributed by atoms with Crippen LogP contribution in [0.4, 0.5) is 0 Å². The molecule has 3 aliphatic rings. The van der Waals surface area contributed by atoms with Crippen LogP contribution in [0, 0.1) is 17.8 Å². The average molecular weight is 697 g/mol. The maximum atomic E-state index is 9.42. The first kappa shape index (κ1) is 45.5. The first-order valence-corrected chi connectivity index (χ1v) is 18.2. The molecular weight excluding hydrogens is 624 g/mol. The third-order valence-corrected chi connectivity index (χ3v) is 9.71. The second-order valence-electron chi connectivity index (χ2n) is 13.3. The highest BCUT2D eigenvalue weighted by atomic mass is 16.6. The molecule has 1 unspecified atom stereocenters. The van der Waals surface area contributed by atoms with Gasteiger partial charge in [0.25, 0.3) is 0 Å². The molecule has 48 heavy (non-hydrogen) atoms. The molecule has 12 heteroatoms. The first-order chi connectivity index (χ1) is 23.0. The van der Waals surface area contributed by atoms with Gasteiger partial charge in [0, 0.05) is 58.9 Å². The van der Waals surface area contributed by atoms with Gasteiger partial charge < -0.3 is 58.0 Å². The highest BCUT2D eigenvalue weighted by Crippen LogP contribution is 2.32. The van der Waals surface area contributed by atoms with Gasteiger partial charge in [-0.15, -0.1) is 0 Å². The molecule has 3 rings (SSSR count). The Morgan fingerprint density at radius 1 is 0.396 bits per heavy atom. The summed E-state index contributed by atoms with van der Waals surface area (Å²) in [7, 11) is 4.99. The molecule has 3 heterocycles. The Bertz CT molecular complexity index is 644. The maximum Gasteiger partial charge on any atom is 0.110 e. The van der Waals surface area contributed by atoms with Crippen LogP contribution in [0.2, 0.25) is 0 Å². The quantitative estimate of drug-likeness (QED) is 0.230. The van der Waals surface area contributed by atoms with Gasteiger partial charge >= 0.3 is 0 Å². The van der Waals surface area contributed by atoms with Crippen molar-refractivity contribution in [1.82, 2.24) is 0 Å². The Balaban J connectivity index is 0.000000360. The molecule has 3 fully saturated rings. The number of aliphatic hydroxyl groups is 3. The molecule has 12 nitrogen and oxygen atoms in total. The minimum Gasteiger partial charge on any atom is -0.396 e. The monoisotopic (exact) mass is 697 g/mol. The van der Waals surface area contributed by atoms with E-state index in [-0.39, 0.29) is 111 Å². The van der Waals surface area contributed by atoms with Gasteiger partial charge in [0.2, 0.25) is 0 Å². The lowest BCUT2D eigenvalue weighted by Crippen LogP contribution is -2.55. The fourth-order valence-corrected chi connectivity index (χ4v) is 7.04. The summed E-state index contributed by atoms with van der Waals surface area (Å²) in [5, 5.41) is 28.2. The van der Waals surface area contributed by atoms with Gasteiger partial charge in [-0.25, -0.2) is 0 Å². The van der Waals surface area contributed by atoms with Crippen molar-refractivity contribution >= 4 is 0 Å². The SMILES string of the molecule is CCCO[C@@H]1[C@@H](OC)[C@H](C)OC(C)[C@@H]1CO.CCCO[C@H]1[C@@H](CO)[C@@H](C)O[C@@H](C)[C@@H]1OC.CCCO[C@H]1[C@@H](CO)[C@H](C)O[C@@H](C)[C@@H]1OC. The number of hydrogen-bond acceptors (Lipinski definition) is 12. The molecular formula is C36H72O12. The predicted molar refractivity (Wildman–Crippen MR) is 184 cm³/mol. The topological polar surface area (TPSA) is 144 Å². The van der Waals surface area contributed by atoms with E-state index in [1.54, 1.807) is 21.3 Å². The molecule has 0 spiro atoms. The molecule has 3 N–H and O–H groups in total. The molecule has 0 aromatic heterocycles. The second-order valence-corrected chi connectivity index (χ2v) is 13.3. The van der Waals surface area contributed by atoms with Crippen LogP contribution >= 0.6 is 0 Å². The van der Waals surface area contributed by atoms with E-state index in [9.17, 15) is 15.3 Å². The van der Waals surface area contributed by atoms with Gasteiger partial charge in [-0.05, 0) is 60.8 Å². The largest absolute Gasteiger partial charge is 0.396 e. The van der Waals surface area contributed by atoms with Crippen LogP contribution in [0.5, 0.6) is 0 Å². The number of aliphatic hydroxyl groups excluding tert-OH is 3. The van der Waals surface area contributed by atoms with Gasteiger partial charge in [-0.1, -0.05) is 20.8 Å². The van der Waals surface area contributed by atoms with Crippen molar-refractivity contribution in [2.45, 2.75) is 155 Å². The van der Waals surface area contributed by atoms with Crippen molar-refractivity contribution < 1.29 is 58.0 Å².